The Bertz CT molecular complexity index is 972. The van der Waals surface area contributed by atoms with E-state index < -0.39 is 10.0 Å². The van der Waals surface area contributed by atoms with Gasteiger partial charge in [0.1, 0.15) is 5.75 Å². The lowest BCUT2D eigenvalue weighted by Gasteiger charge is -2.12. The summed E-state index contributed by atoms with van der Waals surface area (Å²) >= 11 is 5.94. The van der Waals surface area contributed by atoms with E-state index in [-0.39, 0.29) is 23.5 Å². The lowest BCUT2D eigenvalue weighted by Crippen LogP contribution is -2.25. The fourth-order valence-electron chi connectivity index (χ4n) is 2.50. The van der Waals surface area contributed by atoms with Crippen LogP contribution in [0.1, 0.15) is 24.0 Å². The van der Waals surface area contributed by atoms with Crippen LogP contribution in [0.4, 0.5) is 5.69 Å². The Labute approximate surface area is 163 Å². The minimum atomic E-state index is -3.51. The normalized spacial score (nSPS) is 14.0. The van der Waals surface area contributed by atoms with Crippen molar-refractivity contribution in [3.8, 4) is 5.75 Å². The Balaban J connectivity index is 1.62. The van der Waals surface area contributed by atoms with Gasteiger partial charge in [-0.15, -0.1) is 0 Å². The average molecular weight is 409 g/mol. The lowest BCUT2D eigenvalue weighted by atomic mass is 10.2. The molecular formula is C19H21ClN2O4S. The number of halogens is 1. The number of carbonyl (C=O) groups excluding carboxylic acids is 1. The Morgan fingerprint density at radius 1 is 1.15 bits per heavy atom. The second kappa shape index (κ2) is 7.88. The molecule has 27 heavy (non-hydrogen) atoms. The summed E-state index contributed by atoms with van der Waals surface area (Å²) in [6.07, 6.45) is 1.75. The van der Waals surface area contributed by atoms with Crippen LogP contribution in [0, 0.1) is 13.8 Å². The summed E-state index contributed by atoms with van der Waals surface area (Å²) < 4.78 is 32.7. The molecule has 1 amide bonds. The molecule has 0 saturated heterocycles. The van der Waals surface area contributed by atoms with Crippen molar-refractivity contribution in [1.29, 1.82) is 0 Å². The maximum Gasteiger partial charge on any atom is 0.262 e. The van der Waals surface area contributed by atoms with Gasteiger partial charge in [0.2, 0.25) is 10.0 Å². The van der Waals surface area contributed by atoms with Gasteiger partial charge in [-0.1, -0.05) is 17.7 Å². The molecule has 0 aromatic heterocycles. The molecule has 2 aromatic rings. The second-order valence-corrected chi connectivity index (χ2v) is 8.77. The number of ether oxygens (including phenoxy) is 1. The van der Waals surface area contributed by atoms with Gasteiger partial charge in [-0.05, 0) is 68.1 Å². The standard InChI is InChI=1S/C19H21ClN2O4S/c1-12-3-4-14(20)10-17(12)21-19(23)11-26-18-8-7-16(9-13(18)2)27(24,25)22-15-5-6-15/h3-4,7-10,15,22H,5-6,11H2,1-2H3,(H,21,23). The maximum absolute atomic E-state index is 12.2. The third-order valence-corrected chi connectivity index (χ3v) is 5.94. The van der Waals surface area contributed by atoms with Gasteiger partial charge in [-0.25, -0.2) is 13.1 Å². The largest absolute Gasteiger partial charge is 0.483 e. The van der Waals surface area contributed by atoms with E-state index in [1.807, 2.05) is 13.0 Å². The number of carbonyl (C=O) groups is 1. The van der Waals surface area contributed by atoms with Gasteiger partial charge in [0.25, 0.3) is 5.91 Å². The number of hydrogen-bond acceptors (Lipinski definition) is 4. The maximum atomic E-state index is 12.2. The molecule has 1 saturated carbocycles. The average Bonchev–Trinajstić information content (AvgIpc) is 3.40. The predicted octanol–water partition coefficient (Wildman–Crippen LogP) is 3.42. The van der Waals surface area contributed by atoms with Crippen molar-refractivity contribution >= 4 is 33.2 Å². The van der Waals surface area contributed by atoms with Crippen molar-refractivity contribution < 1.29 is 17.9 Å². The molecule has 1 fully saturated rings. The van der Waals surface area contributed by atoms with Crippen LogP contribution in [-0.4, -0.2) is 27.0 Å². The Morgan fingerprint density at radius 2 is 1.89 bits per heavy atom. The van der Waals surface area contributed by atoms with E-state index in [9.17, 15) is 13.2 Å². The van der Waals surface area contributed by atoms with Gasteiger partial charge in [0, 0.05) is 16.8 Å². The second-order valence-electron chi connectivity index (χ2n) is 6.62. The first kappa shape index (κ1) is 19.7. The summed E-state index contributed by atoms with van der Waals surface area (Å²) in [7, 11) is -3.51. The lowest BCUT2D eigenvalue weighted by molar-refractivity contribution is -0.118. The van der Waals surface area contributed by atoms with Crippen LogP contribution in [0.3, 0.4) is 0 Å². The highest BCUT2D eigenvalue weighted by Gasteiger charge is 2.28. The summed E-state index contributed by atoms with van der Waals surface area (Å²) in [5.41, 5.74) is 2.16. The van der Waals surface area contributed by atoms with Gasteiger partial charge < -0.3 is 10.1 Å². The van der Waals surface area contributed by atoms with E-state index in [1.54, 1.807) is 31.2 Å². The summed E-state index contributed by atoms with van der Waals surface area (Å²) in [5.74, 6) is 0.130. The van der Waals surface area contributed by atoms with Crippen molar-refractivity contribution in [2.75, 3.05) is 11.9 Å². The zero-order valence-electron chi connectivity index (χ0n) is 15.1. The van der Waals surface area contributed by atoms with Crippen LogP contribution >= 0.6 is 11.6 Å². The number of aryl methyl sites for hydroxylation is 2. The first-order valence-electron chi connectivity index (χ1n) is 8.56. The molecule has 3 rings (SSSR count). The molecule has 0 aliphatic heterocycles. The van der Waals surface area contributed by atoms with Crippen molar-refractivity contribution in [3.05, 3.63) is 52.5 Å². The zero-order valence-corrected chi connectivity index (χ0v) is 16.7. The molecule has 8 heteroatoms. The van der Waals surface area contributed by atoms with E-state index in [4.69, 9.17) is 16.3 Å². The van der Waals surface area contributed by atoms with Gasteiger partial charge in [0.15, 0.2) is 6.61 Å². The van der Waals surface area contributed by atoms with E-state index in [2.05, 4.69) is 10.0 Å². The van der Waals surface area contributed by atoms with Crippen molar-refractivity contribution in [2.24, 2.45) is 0 Å². The summed E-state index contributed by atoms with van der Waals surface area (Å²) in [6, 6.07) is 9.87. The van der Waals surface area contributed by atoms with Crippen molar-refractivity contribution in [2.45, 2.75) is 37.6 Å². The van der Waals surface area contributed by atoms with Crippen LogP contribution < -0.4 is 14.8 Å². The summed E-state index contributed by atoms with van der Waals surface area (Å²) in [6.45, 7) is 3.41. The third-order valence-electron chi connectivity index (χ3n) is 4.19. The molecule has 144 valence electrons. The smallest absolute Gasteiger partial charge is 0.262 e. The molecule has 2 N–H and O–H groups in total. The molecule has 0 bridgehead atoms. The fraction of sp³-hybridized carbons (Fsp3) is 0.316. The molecule has 1 aliphatic carbocycles. The third kappa shape index (κ3) is 5.22. The topological polar surface area (TPSA) is 84.5 Å². The summed E-state index contributed by atoms with van der Waals surface area (Å²) in [4.78, 5) is 12.3. The van der Waals surface area contributed by atoms with Crippen LogP contribution in [0.25, 0.3) is 0 Å². The number of anilines is 1. The molecule has 0 heterocycles. The molecule has 2 aromatic carbocycles. The van der Waals surface area contributed by atoms with Crippen LogP contribution in [-0.2, 0) is 14.8 Å². The van der Waals surface area contributed by atoms with E-state index in [0.717, 1.165) is 18.4 Å². The number of amides is 1. The first-order chi connectivity index (χ1) is 12.7. The monoisotopic (exact) mass is 408 g/mol. The minimum absolute atomic E-state index is 0.0462. The van der Waals surface area contributed by atoms with Gasteiger partial charge in [-0.2, -0.15) is 0 Å². The molecular weight excluding hydrogens is 388 g/mol. The highest BCUT2D eigenvalue weighted by atomic mass is 35.5. The van der Waals surface area contributed by atoms with Gasteiger partial charge in [-0.3, -0.25) is 4.79 Å². The van der Waals surface area contributed by atoms with Gasteiger partial charge in [0.05, 0.1) is 4.90 Å². The Hall–Kier alpha value is -2.09. The van der Waals surface area contributed by atoms with Crippen LogP contribution in [0.5, 0.6) is 5.75 Å². The molecule has 0 atom stereocenters. The molecule has 0 unspecified atom stereocenters. The highest BCUT2D eigenvalue weighted by molar-refractivity contribution is 7.89. The van der Waals surface area contributed by atoms with Gasteiger partial charge >= 0.3 is 0 Å². The number of sulfonamides is 1. The fourth-order valence-corrected chi connectivity index (χ4v) is 4.06. The quantitative estimate of drug-likeness (QED) is 0.735. The zero-order chi connectivity index (χ0) is 19.6. The molecule has 0 spiro atoms. The van der Waals surface area contributed by atoms with E-state index in [0.29, 0.717) is 22.0 Å². The van der Waals surface area contributed by atoms with Crippen molar-refractivity contribution in [1.82, 2.24) is 4.72 Å². The minimum Gasteiger partial charge on any atom is -0.483 e. The number of nitrogens with one attached hydrogen (secondary N) is 2. The molecule has 1 aliphatic rings. The summed E-state index contributed by atoms with van der Waals surface area (Å²) in [5, 5.41) is 3.28. The number of benzene rings is 2. The van der Waals surface area contributed by atoms with E-state index >= 15 is 0 Å². The van der Waals surface area contributed by atoms with E-state index in [1.165, 1.54) is 6.07 Å². The SMILES string of the molecule is Cc1ccc(Cl)cc1NC(=O)COc1ccc(S(=O)(=O)NC2CC2)cc1C. The van der Waals surface area contributed by atoms with Crippen LogP contribution in [0.15, 0.2) is 41.3 Å². The number of hydrogen-bond donors (Lipinski definition) is 2. The van der Waals surface area contributed by atoms with Crippen molar-refractivity contribution in [3.63, 3.8) is 0 Å². The first-order valence-corrected chi connectivity index (χ1v) is 10.4. The number of rotatable bonds is 7. The Morgan fingerprint density at radius 3 is 2.56 bits per heavy atom. The Kier molecular flexibility index (Phi) is 5.74. The van der Waals surface area contributed by atoms with Crippen LogP contribution in [0.2, 0.25) is 5.02 Å². The predicted molar refractivity (Wildman–Crippen MR) is 105 cm³/mol. The molecule has 6 nitrogen and oxygen atoms in total. The molecule has 0 radical (unpaired) electrons. The highest BCUT2D eigenvalue weighted by Crippen LogP contribution is 2.25.